The molecule has 0 aliphatic rings. The summed E-state index contributed by atoms with van der Waals surface area (Å²) in [6.07, 6.45) is 3.26. The molecule has 0 aromatic carbocycles. The van der Waals surface area contributed by atoms with E-state index in [1.54, 1.807) is 31.5 Å². The lowest BCUT2D eigenvalue weighted by Crippen LogP contribution is -2.29. The maximum atomic E-state index is 11.6. The normalized spacial score (nSPS) is 13.6. The lowest BCUT2D eigenvalue weighted by atomic mass is 10.3. The van der Waals surface area contributed by atoms with Gasteiger partial charge >= 0.3 is 0 Å². The summed E-state index contributed by atoms with van der Waals surface area (Å²) in [5.74, 6) is 0.356. The molecule has 0 aliphatic carbocycles. The van der Waals surface area contributed by atoms with Gasteiger partial charge in [-0.1, -0.05) is 6.92 Å². The Bertz CT molecular complexity index is 408. The molecule has 4 nitrogen and oxygen atoms in total. The van der Waals surface area contributed by atoms with E-state index >= 15 is 0 Å². The molecular weight excluding hydrogens is 248 g/mol. The predicted molar refractivity (Wildman–Crippen MR) is 64.7 cm³/mol. The summed E-state index contributed by atoms with van der Waals surface area (Å²) in [6.45, 7) is 2.10. The van der Waals surface area contributed by atoms with Gasteiger partial charge in [0.15, 0.2) is 0 Å². The van der Waals surface area contributed by atoms with Gasteiger partial charge in [-0.05, 0) is 23.6 Å². The van der Waals surface area contributed by atoms with Crippen LogP contribution in [0.25, 0.3) is 0 Å². The van der Waals surface area contributed by atoms with Crippen LogP contribution in [-0.2, 0) is 16.6 Å². The summed E-state index contributed by atoms with van der Waals surface area (Å²) >= 11 is 5.57. The third-order valence-corrected chi connectivity index (χ3v) is 4.13. The zero-order valence-corrected chi connectivity index (χ0v) is 10.6. The molecule has 90 valence electrons. The van der Waals surface area contributed by atoms with Crippen molar-refractivity contribution >= 4 is 21.6 Å². The molecule has 0 radical (unpaired) electrons. The summed E-state index contributed by atoms with van der Waals surface area (Å²) in [5, 5.41) is 0. The van der Waals surface area contributed by atoms with Gasteiger partial charge in [0.1, 0.15) is 0 Å². The van der Waals surface area contributed by atoms with Gasteiger partial charge in [0, 0.05) is 24.8 Å². The first-order chi connectivity index (χ1) is 7.53. The maximum Gasteiger partial charge on any atom is 0.212 e. The summed E-state index contributed by atoms with van der Waals surface area (Å²) in [4.78, 5) is 3.86. The van der Waals surface area contributed by atoms with E-state index in [4.69, 9.17) is 11.6 Å². The molecule has 1 N–H and O–H groups in total. The van der Waals surface area contributed by atoms with Crippen LogP contribution in [0.3, 0.4) is 0 Å². The molecule has 0 saturated carbocycles. The number of nitrogens with zero attached hydrogens (tertiary/aromatic N) is 1. The Hall–Kier alpha value is -0.650. The fraction of sp³-hybridized carbons (Fsp3) is 0.500. The second kappa shape index (κ2) is 6.18. The van der Waals surface area contributed by atoms with E-state index in [1.165, 1.54) is 0 Å². The summed E-state index contributed by atoms with van der Waals surface area (Å²) in [7, 11) is -3.25. The van der Waals surface area contributed by atoms with Crippen LogP contribution in [0, 0.1) is 5.92 Å². The van der Waals surface area contributed by atoms with E-state index in [0.717, 1.165) is 5.56 Å². The summed E-state index contributed by atoms with van der Waals surface area (Å²) < 4.78 is 25.7. The van der Waals surface area contributed by atoms with Gasteiger partial charge in [0.25, 0.3) is 0 Å². The van der Waals surface area contributed by atoms with Crippen LogP contribution < -0.4 is 4.72 Å². The molecule has 0 aliphatic heterocycles. The van der Waals surface area contributed by atoms with Crippen LogP contribution in [0.1, 0.15) is 12.5 Å². The van der Waals surface area contributed by atoms with Crippen LogP contribution in [0.4, 0.5) is 0 Å². The number of alkyl halides is 1. The Kier molecular flexibility index (Phi) is 5.18. The molecule has 0 saturated heterocycles. The Morgan fingerprint density at radius 1 is 1.44 bits per heavy atom. The summed E-state index contributed by atoms with van der Waals surface area (Å²) in [6, 6.07) is 3.54. The van der Waals surface area contributed by atoms with Crippen molar-refractivity contribution in [2.75, 3.05) is 11.6 Å². The van der Waals surface area contributed by atoms with E-state index in [-0.39, 0.29) is 11.7 Å². The SMILES string of the molecule is CC(CCl)CS(=O)(=O)NCc1ccncc1. The van der Waals surface area contributed by atoms with E-state index in [0.29, 0.717) is 12.4 Å². The van der Waals surface area contributed by atoms with Crippen LogP contribution >= 0.6 is 11.6 Å². The Morgan fingerprint density at radius 3 is 2.62 bits per heavy atom. The number of hydrogen-bond donors (Lipinski definition) is 1. The lowest BCUT2D eigenvalue weighted by molar-refractivity contribution is 0.568. The topological polar surface area (TPSA) is 59.1 Å². The molecule has 6 heteroatoms. The molecule has 0 spiro atoms. The average Bonchev–Trinajstić information content (AvgIpc) is 2.27. The number of pyridine rings is 1. The molecule has 1 unspecified atom stereocenters. The highest BCUT2D eigenvalue weighted by molar-refractivity contribution is 7.89. The lowest BCUT2D eigenvalue weighted by Gasteiger charge is -2.09. The van der Waals surface area contributed by atoms with Crippen LogP contribution in [-0.4, -0.2) is 25.0 Å². The molecular formula is C10H15ClN2O2S. The minimum atomic E-state index is -3.25. The van der Waals surface area contributed by atoms with Crippen molar-refractivity contribution in [1.29, 1.82) is 0 Å². The van der Waals surface area contributed by atoms with Crippen molar-refractivity contribution < 1.29 is 8.42 Å². The zero-order chi connectivity index (χ0) is 12.0. The van der Waals surface area contributed by atoms with Crippen LogP contribution in [0.2, 0.25) is 0 Å². The second-order valence-electron chi connectivity index (χ2n) is 3.72. The van der Waals surface area contributed by atoms with E-state index in [9.17, 15) is 8.42 Å². The van der Waals surface area contributed by atoms with Crippen molar-refractivity contribution in [1.82, 2.24) is 9.71 Å². The van der Waals surface area contributed by atoms with Gasteiger partial charge in [-0.25, -0.2) is 13.1 Å². The van der Waals surface area contributed by atoms with Gasteiger partial charge in [0.05, 0.1) is 5.75 Å². The highest BCUT2D eigenvalue weighted by Crippen LogP contribution is 2.03. The minimum Gasteiger partial charge on any atom is -0.265 e. The monoisotopic (exact) mass is 262 g/mol. The molecule has 1 aromatic rings. The van der Waals surface area contributed by atoms with Gasteiger partial charge in [-0.2, -0.15) is 0 Å². The van der Waals surface area contributed by atoms with Crippen molar-refractivity contribution in [2.24, 2.45) is 5.92 Å². The highest BCUT2D eigenvalue weighted by atomic mass is 35.5. The molecule has 1 rings (SSSR count). The molecule has 0 amide bonds. The van der Waals surface area contributed by atoms with Crippen molar-refractivity contribution in [3.05, 3.63) is 30.1 Å². The first kappa shape index (κ1) is 13.4. The number of aromatic nitrogens is 1. The summed E-state index contributed by atoms with van der Waals surface area (Å²) in [5.41, 5.74) is 0.886. The standard InChI is InChI=1S/C10H15ClN2O2S/c1-9(6-11)8-16(14,15)13-7-10-2-4-12-5-3-10/h2-5,9,13H,6-8H2,1H3. The first-order valence-corrected chi connectivity index (χ1v) is 7.14. The van der Waals surface area contributed by atoms with Crippen LogP contribution in [0.15, 0.2) is 24.5 Å². The Labute approximate surface area is 101 Å². The molecule has 1 aromatic heterocycles. The van der Waals surface area contributed by atoms with Crippen molar-refractivity contribution in [3.8, 4) is 0 Å². The number of hydrogen-bond acceptors (Lipinski definition) is 3. The quantitative estimate of drug-likeness (QED) is 0.788. The van der Waals surface area contributed by atoms with Gasteiger partial charge in [0.2, 0.25) is 10.0 Å². The largest absolute Gasteiger partial charge is 0.265 e. The Balaban J connectivity index is 2.49. The van der Waals surface area contributed by atoms with Gasteiger partial charge in [-0.3, -0.25) is 4.98 Å². The van der Waals surface area contributed by atoms with Crippen LogP contribution in [0.5, 0.6) is 0 Å². The molecule has 1 heterocycles. The molecule has 16 heavy (non-hydrogen) atoms. The van der Waals surface area contributed by atoms with Gasteiger partial charge in [-0.15, -0.1) is 11.6 Å². The predicted octanol–water partition coefficient (Wildman–Crippen LogP) is 1.38. The van der Waals surface area contributed by atoms with Crippen molar-refractivity contribution in [2.45, 2.75) is 13.5 Å². The fourth-order valence-corrected chi connectivity index (χ4v) is 2.78. The number of rotatable bonds is 6. The van der Waals surface area contributed by atoms with E-state index < -0.39 is 10.0 Å². The number of halogens is 1. The zero-order valence-electron chi connectivity index (χ0n) is 9.06. The van der Waals surface area contributed by atoms with E-state index in [2.05, 4.69) is 9.71 Å². The molecule has 0 fully saturated rings. The molecule has 1 atom stereocenters. The second-order valence-corrected chi connectivity index (χ2v) is 5.88. The number of sulfonamides is 1. The van der Waals surface area contributed by atoms with Crippen molar-refractivity contribution in [3.63, 3.8) is 0 Å². The van der Waals surface area contributed by atoms with E-state index in [1.807, 2.05) is 0 Å². The third kappa shape index (κ3) is 4.92. The maximum absolute atomic E-state index is 11.6. The minimum absolute atomic E-state index is 0.0448. The Morgan fingerprint density at radius 2 is 2.06 bits per heavy atom. The smallest absolute Gasteiger partial charge is 0.212 e. The number of nitrogens with one attached hydrogen (secondary N) is 1. The first-order valence-electron chi connectivity index (χ1n) is 4.95. The average molecular weight is 263 g/mol. The fourth-order valence-electron chi connectivity index (χ4n) is 1.17. The third-order valence-electron chi connectivity index (χ3n) is 2.01. The molecule has 0 bridgehead atoms. The highest BCUT2D eigenvalue weighted by Gasteiger charge is 2.14. The van der Waals surface area contributed by atoms with Gasteiger partial charge < -0.3 is 0 Å².